The Morgan fingerprint density at radius 1 is 1.65 bits per heavy atom. The molecule has 0 aliphatic rings. The summed E-state index contributed by atoms with van der Waals surface area (Å²) in [5.41, 5.74) is 7.04. The number of ether oxygens (including phenoxy) is 1. The first kappa shape index (κ1) is 11.4. The molecule has 0 atom stereocenters. The third-order valence-corrected chi connectivity index (χ3v) is 2.53. The van der Waals surface area contributed by atoms with Crippen molar-refractivity contribution in [3.05, 3.63) is 23.8 Å². The number of fused-ring (bicyclic) bond motifs is 1. The monoisotopic (exact) mass is 237 g/mol. The molecule has 0 saturated carbocycles. The fourth-order valence-corrected chi connectivity index (χ4v) is 1.63. The average molecular weight is 237 g/mol. The summed E-state index contributed by atoms with van der Waals surface area (Å²) in [5.74, 6) is -0.589. The zero-order chi connectivity index (χ0) is 12.6. The molecule has 90 valence electrons. The summed E-state index contributed by atoms with van der Waals surface area (Å²) in [5, 5.41) is 0. The first-order chi connectivity index (χ1) is 8.06. The molecule has 17 heavy (non-hydrogen) atoms. The van der Waals surface area contributed by atoms with Crippen LogP contribution in [0.25, 0.3) is 11.0 Å². The van der Waals surface area contributed by atoms with E-state index in [0.29, 0.717) is 16.8 Å². The first-order valence-corrected chi connectivity index (χ1v) is 5.15. The fourth-order valence-electron chi connectivity index (χ4n) is 1.63. The third kappa shape index (κ3) is 1.71. The Morgan fingerprint density at radius 3 is 3.00 bits per heavy atom. The van der Waals surface area contributed by atoms with Crippen LogP contribution in [-0.2, 0) is 4.74 Å². The molecule has 0 saturated heterocycles. The molecule has 0 amide bonds. The number of aryl methyl sites for hydroxylation is 1. The lowest BCUT2D eigenvalue weighted by Crippen LogP contribution is -2.13. The average Bonchev–Trinajstić information content (AvgIpc) is 2.71. The smallest absolute Gasteiger partial charge is 0.419 e. The zero-order valence-electron chi connectivity index (χ0n) is 9.53. The number of nitrogens with zero attached hydrogens (tertiary/aromatic N) is 2. The SMILES string of the molecule is CCOC(=O)n1cnc2c(C)c(N)cc(F)c21. The van der Waals surface area contributed by atoms with Gasteiger partial charge in [-0.15, -0.1) is 0 Å². The molecule has 0 unspecified atom stereocenters. The maximum absolute atomic E-state index is 13.8. The third-order valence-electron chi connectivity index (χ3n) is 2.53. The Bertz CT molecular complexity index is 592. The van der Waals surface area contributed by atoms with E-state index in [1.807, 2.05) is 0 Å². The molecule has 0 radical (unpaired) electrons. The van der Waals surface area contributed by atoms with Crippen molar-refractivity contribution in [2.45, 2.75) is 13.8 Å². The molecule has 0 fully saturated rings. The standard InChI is InChI=1S/C11H12FN3O2/c1-3-17-11(16)15-5-14-9-6(2)8(13)4-7(12)10(9)15/h4-5H,3,13H2,1-2H3. The maximum Gasteiger partial charge on any atom is 0.419 e. The fraction of sp³-hybridized carbons (Fsp3) is 0.273. The molecule has 1 heterocycles. The summed E-state index contributed by atoms with van der Waals surface area (Å²) >= 11 is 0. The number of carbonyl (C=O) groups excluding carboxylic acids is 1. The number of benzene rings is 1. The second-order valence-electron chi connectivity index (χ2n) is 3.58. The van der Waals surface area contributed by atoms with Gasteiger partial charge >= 0.3 is 6.09 Å². The van der Waals surface area contributed by atoms with Gasteiger partial charge in [0.25, 0.3) is 0 Å². The molecule has 1 aromatic heterocycles. The van der Waals surface area contributed by atoms with Gasteiger partial charge in [-0.05, 0) is 19.9 Å². The summed E-state index contributed by atoms with van der Waals surface area (Å²) in [7, 11) is 0. The van der Waals surface area contributed by atoms with Crippen molar-refractivity contribution in [2.24, 2.45) is 0 Å². The largest absolute Gasteiger partial charge is 0.449 e. The number of nitrogens with two attached hydrogens (primary N) is 1. The number of carbonyl (C=O) groups is 1. The van der Waals surface area contributed by atoms with Crippen LogP contribution in [0.3, 0.4) is 0 Å². The highest BCUT2D eigenvalue weighted by molar-refractivity contribution is 5.91. The van der Waals surface area contributed by atoms with Gasteiger partial charge < -0.3 is 10.5 Å². The Balaban J connectivity index is 2.69. The van der Waals surface area contributed by atoms with E-state index in [-0.39, 0.29) is 12.1 Å². The second-order valence-corrected chi connectivity index (χ2v) is 3.58. The number of halogens is 1. The topological polar surface area (TPSA) is 70.1 Å². The van der Waals surface area contributed by atoms with Crippen molar-refractivity contribution >= 4 is 22.8 Å². The molecule has 0 bridgehead atoms. The van der Waals surface area contributed by atoms with Gasteiger partial charge in [0.15, 0.2) is 5.82 Å². The van der Waals surface area contributed by atoms with Crippen LogP contribution in [-0.4, -0.2) is 22.3 Å². The van der Waals surface area contributed by atoms with Gasteiger partial charge in [0.1, 0.15) is 11.8 Å². The van der Waals surface area contributed by atoms with Crippen LogP contribution in [0.2, 0.25) is 0 Å². The van der Waals surface area contributed by atoms with Crippen molar-refractivity contribution in [3.8, 4) is 0 Å². The van der Waals surface area contributed by atoms with Crippen LogP contribution in [0.15, 0.2) is 12.4 Å². The van der Waals surface area contributed by atoms with Crippen LogP contribution in [0.5, 0.6) is 0 Å². The Hall–Kier alpha value is -2.11. The summed E-state index contributed by atoms with van der Waals surface area (Å²) < 4.78 is 19.6. The number of imidazole rings is 1. The lowest BCUT2D eigenvalue weighted by atomic mass is 10.1. The van der Waals surface area contributed by atoms with Gasteiger partial charge in [-0.1, -0.05) is 0 Å². The normalized spacial score (nSPS) is 10.8. The van der Waals surface area contributed by atoms with Gasteiger partial charge in [-0.3, -0.25) is 0 Å². The number of hydrogen-bond donors (Lipinski definition) is 1. The molecular formula is C11H12FN3O2. The molecular weight excluding hydrogens is 225 g/mol. The van der Waals surface area contributed by atoms with E-state index >= 15 is 0 Å². The van der Waals surface area contributed by atoms with Crippen LogP contribution < -0.4 is 5.73 Å². The van der Waals surface area contributed by atoms with Gasteiger partial charge in [-0.2, -0.15) is 0 Å². The predicted molar refractivity (Wildman–Crippen MR) is 61.3 cm³/mol. The van der Waals surface area contributed by atoms with E-state index < -0.39 is 11.9 Å². The number of aromatic nitrogens is 2. The molecule has 2 N–H and O–H groups in total. The van der Waals surface area contributed by atoms with Gasteiger partial charge in [-0.25, -0.2) is 18.7 Å². The minimum Gasteiger partial charge on any atom is -0.449 e. The van der Waals surface area contributed by atoms with Gasteiger partial charge in [0.05, 0.1) is 12.1 Å². The molecule has 0 aliphatic heterocycles. The molecule has 0 aliphatic carbocycles. The van der Waals surface area contributed by atoms with E-state index in [2.05, 4.69) is 4.98 Å². The number of anilines is 1. The molecule has 2 rings (SSSR count). The number of hydrogen-bond acceptors (Lipinski definition) is 4. The Morgan fingerprint density at radius 2 is 2.35 bits per heavy atom. The highest BCUT2D eigenvalue weighted by Crippen LogP contribution is 2.25. The van der Waals surface area contributed by atoms with E-state index in [1.54, 1.807) is 13.8 Å². The zero-order valence-corrected chi connectivity index (χ0v) is 9.53. The van der Waals surface area contributed by atoms with Crippen LogP contribution in [0.1, 0.15) is 12.5 Å². The minimum absolute atomic E-state index is 0.0927. The number of nitrogen functional groups attached to an aromatic ring is 1. The molecule has 1 aromatic carbocycles. The van der Waals surface area contributed by atoms with E-state index in [1.165, 1.54) is 12.4 Å². The van der Waals surface area contributed by atoms with Crippen molar-refractivity contribution < 1.29 is 13.9 Å². The lowest BCUT2D eigenvalue weighted by Gasteiger charge is -2.05. The summed E-state index contributed by atoms with van der Waals surface area (Å²) in [6, 6.07) is 1.18. The van der Waals surface area contributed by atoms with Crippen molar-refractivity contribution in [3.63, 3.8) is 0 Å². The molecule has 2 aromatic rings. The Labute approximate surface area is 97.0 Å². The predicted octanol–water partition coefficient (Wildman–Crippen LogP) is 2.07. The maximum atomic E-state index is 13.8. The van der Waals surface area contributed by atoms with Crippen molar-refractivity contribution in [2.75, 3.05) is 12.3 Å². The van der Waals surface area contributed by atoms with Gasteiger partial charge in [0.2, 0.25) is 0 Å². The molecule has 6 heteroatoms. The summed E-state index contributed by atoms with van der Waals surface area (Å²) in [4.78, 5) is 15.6. The Kier molecular flexibility index (Phi) is 2.71. The van der Waals surface area contributed by atoms with Crippen LogP contribution in [0.4, 0.5) is 14.9 Å². The van der Waals surface area contributed by atoms with Crippen molar-refractivity contribution in [1.29, 1.82) is 0 Å². The second kappa shape index (κ2) is 4.04. The van der Waals surface area contributed by atoms with E-state index in [4.69, 9.17) is 10.5 Å². The van der Waals surface area contributed by atoms with Crippen molar-refractivity contribution in [1.82, 2.24) is 9.55 Å². The highest BCUT2D eigenvalue weighted by atomic mass is 19.1. The number of rotatable bonds is 1. The highest BCUT2D eigenvalue weighted by Gasteiger charge is 2.17. The van der Waals surface area contributed by atoms with E-state index in [0.717, 1.165) is 4.57 Å². The molecule has 0 spiro atoms. The summed E-state index contributed by atoms with van der Waals surface area (Å²) in [6.45, 7) is 3.62. The quantitative estimate of drug-likeness (QED) is 0.771. The van der Waals surface area contributed by atoms with Crippen LogP contribution in [0, 0.1) is 12.7 Å². The van der Waals surface area contributed by atoms with E-state index in [9.17, 15) is 9.18 Å². The molecule has 5 nitrogen and oxygen atoms in total. The lowest BCUT2D eigenvalue weighted by molar-refractivity contribution is 0.154. The minimum atomic E-state index is -0.655. The summed E-state index contributed by atoms with van der Waals surface area (Å²) in [6.07, 6.45) is 0.580. The first-order valence-electron chi connectivity index (χ1n) is 5.15. The van der Waals surface area contributed by atoms with Gasteiger partial charge in [0, 0.05) is 11.3 Å². The van der Waals surface area contributed by atoms with Crippen LogP contribution >= 0.6 is 0 Å².